The Kier molecular flexibility index (Phi) is 12.7. The molecule has 0 radical (unpaired) electrons. The number of aryl methyl sites for hydroxylation is 2. The molecule has 46 heavy (non-hydrogen) atoms. The highest BCUT2D eigenvalue weighted by molar-refractivity contribution is 5.75. The summed E-state index contributed by atoms with van der Waals surface area (Å²) in [6.07, 6.45) is 6.06. The predicted octanol–water partition coefficient (Wildman–Crippen LogP) is 8.71. The number of hydrogen-bond donors (Lipinski definition) is 2. The van der Waals surface area contributed by atoms with E-state index in [9.17, 15) is 18.0 Å². The van der Waals surface area contributed by atoms with Gasteiger partial charge in [-0.05, 0) is 62.3 Å². The molecule has 5 rings (SSSR count). The predicted molar refractivity (Wildman–Crippen MR) is 179 cm³/mol. The summed E-state index contributed by atoms with van der Waals surface area (Å²) in [4.78, 5) is 17.5. The lowest BCUT2D eigenvalue weighted by Gasteiger charge is -2.24. The monoisotopic (exact) mass is 636 g/mol. The molecule has 2 heterocycles. The van der Waals surface area contributed by atoms with Gasteiger partial charge in [0.05, 0.1) is 11.3 Å². The Balaban J connectivity index is 0.000000369. The van der Waals surface area contributed by atoms with Crippen LogP contribution in [0.4, 0.5) is 24.5 Å². The van der Waals surface area contributed by atoms with Gasteiger partial charge in [0.25, 0.3) is 0 Å². The maximum Gasteiger partial charge on any atom is 0.416 e. The van der Waals surface area contributed by atoms with Crippen molar-refractivity contribution in [2.45, 2.75) is 85.0 Å². The number of ether oxygens (including phenoxy) is 1. The standard InChI is InChI=1S/C28H36F3N3O.C9H11NO/c1-4-5-8-23-13-19(2)18-34(23)11-12-35-24-16-21(28(29,30)31)15-22(17-24)33-27-14-20(3)32-26-10-7-6-9-25(26)27;1-8(11)10-7-9-5-3-2-4-6-9/h6,9,14-17,19,23H,4-5,7-8,10-13,18H2,1-3H3,(H,32,33);2-6H,7H2,1H3,(H,10,11). The number of pyridine rings is 1. The van der Waals surface area contributed by atoms with Gasteiger partial charge in [0.2, 0.25) is 5.91 Å². The van der Waals surface area contributed by atoms with Crippen molar-refractivity contribution in [3.63, 3.8) is 0 Å². The molecule has 2 aliphatic rings. The Bertz CT molecular complexity index is 1460. The lowest BCUT2D eigenvalue weighted by molar-refractivity contribution is -0.137. The SMILES string of the molecule is CC(=O)NCc1ccccc1.CCCCC1CC(C)CN1CCOc1cc(Nc2cc(C)nc3c2C=CCC3)cc(C(F)(F)F)c1. The number of alkyl halides is 3. The van der Waals surface area contributed by atoms with Crippen LogP contribution in [-0.4, -0.2) is 41.5 Å². The van der Waals surface area contributed by atoms with E-state index >= 15 is 0 Å². The molecule has 1 saturated heterocycles. The van der Waals surface area contributed by atoms with E-state index in [0.717, 1.165) is 66.3 Å². The van der Waals surface area contributed by atoms with E-state index in [4.69, 9.17) is 4.74 Å². The second kappa shape index (κ2) is 16.6. The van der Waals surface area contributed by atoms with Crippen LogP contribution >= 0.6 is 0 Å². The van der Waals surface area contributed by atoms with Crippen molar-refractivity contribution >= 4 is 23.4 Å². The molecule has 6 nitrogen and oxygen atoms in total. The van der Waals surface area contributed by atoms with Crippen molar-refractivity contribution in [1.29, 1.82) is 0 Å². The van der Waals surface area contributed by atoms with Crippen LogP contribution in [0.2, 0.25) is 0 Å². The molecule has 1 amide bonds. The van der Waals surface area contributed by atoms with Crippen molar-refractivity contribution < 1.29 is 22.7 Å². The van der Waals surface area contributed by atoms with Gasteiger partial charge in [-0.3, -0.25) is 14.7 Å². The van der Waals surface area contributed by atoms with E-state index in [-0.39, 0.29) is 11.7 Å². The Morgan fingerprint density at radius 3 is 2.63 bits per heavy atom. The molecule has 0 spiro atoms. The third-order valence-corrected chi connectivity index (χ3v) is 8.27. The minimum atomic E-state index is -4.46. The first kappa shape index (κ1) is 35.0. The minimum Gasteiger partial charge on any atom is -0.492 e. The maximum absolute atomic E-state index is 13.7. The summed E-state index contributed by atoms with van der Waals surface area (Å²) >= 11 is 0. The van der Waals surface area contributed by atoms with E-state index < -0.39 is 11.7 Å². The molecule has 2 atom stereocenters. The third-order valence-electron chi connectivity index (χ3n) is 8.27. The number of likely N-dealkylation sites (tertiary alicyclic amines) is 1. The van der Waals surface area contributed by atoms with Crippen LogP contribution in [0, 0.1) is 12.8 Å². The number of nitrogens with zero attached hydrogens (tertiary/aromatic N) is 2. The van der Waals surface area contributed by atoms with E-state index in [1.807, 2.05) is 49.4 Å². The van der Waals surface area contributed by atoms with E-state index in [1.165, 1.54) is 32.6 Å². The lowest BCUT2D eigenvalue weighted by Crippen LogP contribution is -2.33. The molecule has 1 fully saturated rings. The average Bonchev–Trinajstić information content (AvgIpc) is 3.38. The van der Waals surface area contributed by atoms with Gasteiger partial charge in [0.15, 0.2) is 0 Å². The van der Waals surface area contributed by atoms with Crippen LogP contribution in [0.3, 0.4) is 0 Å². The summed E-state index contributed by atoms with van der Waals surface area (Å²) in [5.74, 6) is 0.883. The van der Waals surface area contributed by atoms with Crippen LogP contribution in [0.25, 0.3) is 6.08 Å². The zero-order chi connectivity index (χ0) is 33.1. The number of amides is 1. The van der Waals surface area contributed by atoms with Gasteiger partial charge in [-0.1, -0.05) is 69.2 Å². The first-order chi connectivity index (χ1) is 22.0. The number of rotatable bonds is 11. The second-order valence-electron chi connectivity index (χ2n) is 12.4. The average molecular weight is 637 g/mol. The highest BCUT2D eigenvalue weighted by atomic mass is 19.4. The molecule has 2 N–H and O–H groups in total. The zero-order valence-corrected chi connectivity index (χ0v) is 27.4. The number of carbonyl (C=O) groups is 1. The normalized spacial score (nSPS) is 17.5. The van der Waals surface area contributed by atoms with Crippen LogP contribution < -0.4 is 15.4 Å². The number of hydrogen-bond acceptors (Lipinski definition) is 5. The first-order valence-corrected chi connectivity index (χ1v) is 16.3. The van der Waals surface area contributed by atoms with E-state index in [0.29, 0.717) is 30.8 Å². The highest BCUT2D eigenvalue weighted by Crippen LogP contribution is 2.36. The number of benzene rings is 2. The number of unbranched alkanes of at least 4 members (excludes halogenated alkanes) is 1. The van der Waals surface area contributed by atoms with Gasteiger partial charge in [0.1, 0.15) is 12.4 Å². The topological polar surface area (TPSA) is 66.5 Å². The van der Waals surface area contributed by atoms with Crippen molar-refractivity contribution in [3.8, 4) is 5.75 Å². The number of aromatic nitrogens is 1. The molecular formula is C37H47F3N4O2. The fourth-order valence-corrected chi connectivity index (χ4v) is 6.08. The Morgan fingerprint density at radius 1 is 1.13 bits per heavy atom. The molecule has 2 aromatic carbocycles. The molecule has 9 heteroatoms. The maximum atomic E-state index is 13.7. The molecule has 1 aliphatic carbocycles. The smallest absolute Gasteiger partial charge is 0.416 e. The minimum absolute atomic E-state index is 0.00820. The Labute approximate surface area is 271 Å². The molecule has 0 saturated carbocycles. The van der Waals surface area contributed by atoms with Crippen LogP contribution in [0.1, 0.15) is 81.0 Å². The molecule has 1 aliphatic heterocycles. The summed E-state index contributed by atoms with van der Waals surface area (Å²) in [5.41, 5.74) is 4.27. The quantitative estimate of drug-likeness (QED) is 0.220. The molecular weight excluding hydrogens is 589 g/mol. The van der Waals surface area contributed by atoms with Crippen molar-refractivity contribution in [2.24, 2.45) is 5.92 Å². The number of halogens is 3. The van der Waals surface area contributed by atoms with Gasteiger partial charge in [-0.25, -0.2) is 0 Å². The number of carbonyl (C=O) groups excluding carboxylic acids is 1. The number of anilines is 2. The summed E-state index contributed by atoms with van der Waals surface area (Å²) in [6.45, 7) is 10.6. The summed E-state index contributed by atoms with van der Waals surface area (Å²) in [5, 5.41) is 5.93. The highest BCUT2D eigenvalue weighted by Gasteiger charge is 2.32. The van der Waals surface area contributed by atoms with Crippen molar-refractivity contribution in [2.75, 3.05) is 25.0 Å². The lowest BCUT2D eigenvalue weighted by atomic mass is 10.0. The van der Waals surface area contributed by atoms with Gasteiger partial charge in [-0.15, -0.1) is 0 Å². The van der Waals surface area contributed by atoms with Gasteiger partial charge >= 0.3 is 6.18 Å². The van der Waals surface area contributed by atoms with Gasteiger partial charge in [-0.2, -0.15) is 13.2 Å². The fraction of sp³-hybridized carbons (Fsp3) is 0.459. The molecule has 1 aromatic heterocycles. The van der Waals surface area contributed by atoms with Gasteiger partial charge in [0, 0.05) is 61.3 Å². The van der Waals surface area contributed by atoms with Crippen LogP contribution in [-0.2, 0) is 23.9 Å². The summed E-state index contributed by atoms with van der Waals surface area (Å²) in [7, 11) is 0. The summed E-state index contributed by atoms with van der Waals surface area (Å²) in [6, 6.07) is 16.1. The van der Waals surface area contributed by atoms with Crippen LogP contribution in [0.15, 0.2) is 60.7 Å². The van der Waals surface area contributed by atoms with Gasteiger partial charge < -0.3 is 15.4 Å². The van der Waals surface area contributed by atoms with Crippen LogP contribution in [0.5, 0.6) is 5.75 Å². The first-order valence-electron chi connectivity index (χ1n) is 16.3. The summed E-state index contributed by atoms with van der Waals surface area (Å²) < 4.78 is 47.0. The van der Waals surface area contributed by atoms with E-state index in [2.05, 4.69) is 40.4 Å². The number of nitrogens with one attached hydrogen (secondary N) is 2. The molecule has 0 bridgehead atoms. The number of allylic oxidation sites excluding steroid dienone is 1. The van der Waals surface area contributed by atoms with Crippen molar-refractivity contribution in [1.82, 2.24) is 15.2 Å². The Morgan fingerprint density at radius 2 is 1.91 bits per heavy atom. The zero-order valence-electron chi connectivity index (χ0n) is 27.4. The van der Waals surface area contributed by atoms with Crippen molar-refractivity contribution in [3.05, 3.63) is 88.8 Å². The second-order valence-corrected chi connectivity index (χ2v) is 12.4. The molecule has 248 valence electrons. The molecule has 2 unspecified atom stereocenters. The van der Waals surface area contributed by atoms with E-state index in [1.54, 1.807) is 6.07 Å². The largest absolute Gasteiger partial charge is 0.492 e. The Hall–Kier alpha value is -3.85. The molecule has 3 aromatic rings. The number of fused-ring (bicyclic) bond motifs is 1. The third kappa shape index (κ3) is 10.6. The fourth-order valence-electron chi connectivity index (χ4n) is 6.08.